The topological polar surface area (TPSA) is 93.2 Å². The minimum Gasteiger partial charge on any atom is -0.367 e. The molecule has 0 spiro atoms. The molecule has 25 heavy (non-hydrogen) atoms. The Hall–Kier alpha value is -2.97. The number of nitrogens with zero attached hydrogens (tertiary/aromatic N) is 7. The highest BCUT2D eigenvalue weighted by Gasteiger charge is 2.35. The molecule has 0 saturated carbocycles. The van der Waals surface area contributed by atoms with Crippen molar-refractivity contribution in [3.05, 3.63) is 36.7 Å². The van der Waals surface area contributed by atoms with Crippen LogP contribution in [0.5, 0.6) is 0 Å². The Morgan fingerprint density at radius 3 is 3.04 bits per heavy atom. The summed E-state index contributed by atoms with van der Waals surface area (Å²) >= 11 is 0. The number of hydrogen-bond donors (Lipinski definition) is 1. The molecule has 1 amide bonds. The molecule has 0 aromatic carbocycles. The Kier molecular flexibility index (Phi) is 3.83. The predicted molar refractivity (Wildman–Crippen MR) is 90.7 cm³/mol. The number of piperidine rings is 1. The van der Waals surface area contributed by atoms with Gasteiger partial charge in [-0.3, -0.25) is 13.9 Å². The van der Waals surface area contributed by atoms with E-state index < -0.39 is 0 Å². The highest BCUT2D eigenvalue weighted by molar-refractivity contribution is 5.77. The molecule has 1 fully saturated rings. The van der Waals surface area contributed by atoms with Gasteiger partial charge in [0.2, 0.25) is 11.6 Å². The molecular weight excluding hydrogens is 320 g/mol. The van der Waals surface area contributed by atoms with Crippen LogP contribution in [0.25, 0.3) is 5.65 Å². The van der Waals surface area contributed by atoms with Crippen LogP contribution in [-0.2, 0) is 11.8 Å². The Morgan fingerprint density at radius 1 is 1.36 bits per heavy atom. The maximum absolute atomic E-state index is 12.2. The lowest BCUT2D eigenvalue weighted by atomic mass is 9.85. The third-order valence-electron chi connectivity index (χ3n) is 4.80. The summed E-state index contributed by atoms with van der Waals surface area (Å²) in [6.45, 7) is 0.691. The average Bonchev–Trinajstić information content (AvgIpc) is 3.25. The number of anilines is 1. The monoisotopic (exact) mass is 340 g/mol. The number of aromatic nitrogens is 6. The van der Waals surface area contributed by atoms with Gasteiger partial charge in [0.1, 0.15) is 6.33 Å². The zero-order valence-electron chi connectivity index (χ0n) is 14.2. The predicted octanol–water partition coefficient (Wildman–Crippen LogP) is 0.879. The Bertz CT molecular complexity index is 900. The molecule has 1 saturated heterocycles. The van der Waals surface area contributed by atoms with E-state index in [1.807, 2.05) is 42.0 Å². The van der Waals surface area contributed by atoms with E-state index in [1.165, 1.54) is 0 Å². The normalized spacial score (nSPS) is 21.0. The average molecular weight is 340 g/mol. The highest BCUT2D eigenvalue weighted by atomic mass is 16.2. The van der Waals surface area contributed by atoms with Gasteiger partial charge in [-0.25, -0.2) is 4.98 Å². The van der Waals surface area contributed by atoms with Crippen LogP contribution in [0.15, 0.2) is 31.1 Å². The fourth-order valence-corrected chi connectivity index (χ4v) is 3.53. The van der Waals surface area contributed by atoms with Crippen molar-refractivity contribution < 1.29 is 4.79 Å². The molecule has 130 valence electrons. The summed E-state index contributed by atoms with van der Waals surface area (Å²) in [5.41, 5.74) is 1.75. The summed E-state index contributed by atoms with van der Waals surface area (Å²) in [5.74, 6) is 1.13. The largest absolute Gasteiger partial charge is 0.367 e. The highest BCUT2D eigenvalue weighted by Crippen LogP contribution is 2.35. The van der Waals surface area contributed by atoms with E-state index >= 15 is 0 Å². The van der Waals surface area contributed by atoms with Gasteiger partial charge in [0.25, 0.3) is 0 Å². The van der Waals surface area contributed by atoms with Gasteiger partial charge in [-0.1, -0.05) is 0 Å². The van der Waals surface area contributed by atoms with Gasteiger partial charge in [0.15, 0.2) is 5.82 Å². The first kappa shape index (κ1) is 15.6. The number of aryl methyl sites for hydroxylation is 1. The minimum atomic E-state index is 0.0000487. The summed E-state index contributed by atoms with van der Waals surface area (Å²) in [5, 5.41) is 15.7. The molecule has 0 radical (unpaired) electrons. The second kappa shape index (κ2) is 6.15. The summed E-state index contributed by atoms with van der Waals surface area (Å²) in [4.78, 5) is 18.4. The number of hydrogen-bond acceptors (Lipinski definition) is 6. The molecule has 0 unspecified atom stereocenters. The van der Waals surface area contributed by atoms with E-state index in [4.69, 9.17) is 0 Å². The number of fused-ring (bicyclic) bond motifs is 1. The summed E-state index contributed by atoms with van der Waals surface area (Å²) < 4.78 is 3.59. The van der Waals surface area contributed by atoms with Crippen molar-refractivity contribution in [3.8, 4) is 0 Å². The van der Waals surface area contributed by atoms with Crippen molar-refractivity contribution in [1.29, 1.82) is 0 Å². The first-order valence-electron chi connectivity index (χ1n) is 8.26. The van der Waals surface area contributed by atoms with Crippen LogP contribution >= 0.6 is 0 Å². The summed E-state index contributed by atoms with van der Waals surface area (Å²) in [6.07, 6.45) is 10.4. The van der Waals surface area contributed by atoms with Gasteiger partial charge < -0.3 is 10.2 Å². The van der Waals surface area contributed by atoms with E-state index in [0.717, 1.165) is 12.0 Å². The van der Waals surface area contributed by atoms with Crippen LogP contribution in [-0.4, -0.2) is 53.8 Å². The molecule has 3 aromatic rings. The fraction of sp³-hybridized carbons (Fsp3) is 0.438. The van der Waals surface area contributed by atoms with Crippen LogP contribution in [0.4, 0.5) is 5.82 Å². The van der Waals surface area contributed by atoms with Crippen molar-refractivity contribution in [3.63, 3.8) is 0 Å². The lowest BCUT2D eigenvalue weighted by Gasteiger charge is -2.38. The van der Waals surface area contributed by atoms with E-state index in [-0.39, 0.29) is 17.9 Å². The van der Waals surface area contributed by atoms with E-state index in [2.05, 4.69) is 25.6 Å². The number of carbonyl (C=O) groups excluding carboxylic acids is 1. The Balaban J connectivity index is 1.57. The minimum absolute atomic E-state index is 0.0000487. The molecule has 9 heteroatoms. The first-order valence-corrected chi connectivity index (χ1v) is 8.26. The number of rotatable bonds is 4. The van der Waals surface area contributed by atoms with Gasteiger partial charge >= 0.3 is 0 Å². The van der Waals surface area contributed by atoms with Crippen LogP contribution < -0.4 is 5.32 Å². The quantitative estimate of drug-likeness (QED) is 0.758. The van der Waals surface area contributed by atoms with Gasteiger partial charge in [-0.05, 0) is 6.42 Å². The van der Waals surface area contributed by atoms with Crippen LogP contribution in [0.2, 0.25) is 0 Å². The third kappa shape index (κ3) is 2.81. The lowest BCUT2D eigenvalue weighted by Crippen LogP contribution is -2.42. The standard InChI is InChI=1S/C16H20N8O/c1-22-9-12(8-20-22)14-11(3-4-13(25)23(14)2)7-18-15-16-21-19-10-24(16)6-5-17-15/h5-6,8-11,14H,3-4,7H2,1-2H3,(H,17,18)/t11-,14+/m1/s1. The third-order valence-corrected chi connectivity index (χ3v) is 4.80. The second-order valence-corrected chi connectivity index (χ2v) is 6.41. The molecule has 9 nitrogen and oxygen atoms in total. The smallest absolute Gasteiger partial charge is 0.222 e. The molecule has 4 heterocycles. The van der Waals surface area contributed by atoms with Crippen LogP contribution in [0.3, 0.4) is 0 Å². The van der Waals surface area contributed by atoms with Crippen molar-refractivity contribution in [2.45, 2.75) is 18.9 Å². The fourth-order valence-electron chi connectivity index (χ4n) is 3.53. The van der Waals surface area contributed by atoms with Gasteiger partial charge in [-0.2, -0.15) is 5.10 Å². The van der Waals surface area contributed by atoms with Crippen molar-refractivity contribution in [2.24, 2.45) is 13.0 Å². The van der Waals surface area contributed by atoms with E-state index in [1.54, 1.807) is 17.2 Å². The molecule has 3 aromatic heterocycles. The summed E-state index contributed by atoms with van der Waals surface area (Å²) in [6, 6.07) is 0.0000487. The molecular formula is C16H20N8O. The molecule has 2 atom stereocenters. The van der Waals surface area contributed by atoms with Gasteiger partial charge in [0, 0.05) is 57.1 Å². The maximum atomic E-state index is 12.2. The van der Waals surface area contributed by atoms with Gasteiger partial charge in [0.05, 0.1) is 12.2 Å². The SMILES string of the molecule is CN1C(=O)CC[C@H](CNc2nccn3cnnc23)[C@H]1c1cnn(C)c1. The van der Waals surface area contributed by atoms with Crippen molar-refractivity contribution in [1.82, 2.24) is 34.3 Å². The van der Waals surface area contributed by atoms with Crippen LogP contribution in [0.1, 0.15) is 24.4 Å². The maximum Gasteiger partial charge on any atom is 0.222 e. The second-order valence-electron chi connectivity index (χ2n) is 6.41. The lowest BCUT2D eigenvalue weighted by molar-refractivity contribution is -0.136. The molecule has 1 aliphatic heterocycles. The number of amides is 1. The van der Waals surface area contributed by atoms with E-state index in [9.17, 15) is 4.79 Å². The number of likely N-dealkylation sites (tertiary alicyclic amines) is 1. The molecule has 0 aliphatic carbocycles. The van der Waals surface area contributed by atoms with Crippen LogP contribution in [0, 0.1) is 5.92 Å². The summed E-state index contributed by atoms with van der Waals surface area (Å²) in [7, 11) is 3.75. The Morgan fingerprint density at radius 2 is 2.24 bits per heavy atom. The van der Waals surface area contributed by atoms with Crippen molar-refractivity contribution >= 4 is 17.4 Å². The number of nitrogens with one attached hydrogen (secondary N) is 1. The zero-order chi connectivity index (χ0) is 17.4. The molecule has 1 aliphatic rings. The first-order chi connectivity index (χ1) is 12.1. The zero-order valence-corrected chi connectivity index (χ0v) is 14.2. The molecule has 0 bridgehead atoms. The molecule has 1 N–H and O–H groups in total. The van der Waals surface area contributed by atoms with Crippen molar-refractivity contribution in [2.75, 3.05) is 18.9 Å². The van der Waals surface area contributed by atoms with E-state index in [0.29, 0.717) is 24.4 Å². The Labute approximate surface area is 144 Å². The van der Waals surface area contributed by atoms with Gasteiger partial charge in [-0.15, -0.1) is 10.2 Å². The number of carbonyl (C=O) groups is 1. The molecule has 4 rings (SSSR count).